The van der Waals surface area contributed by atoms with Crippen LogP contribution in [-0.4, -0.2) is 11.9 Å². The van der Waals surface area contributed by atoms with E-state index in [4.69, 9.17) is 19.7 Å². The highest BCUT2D eigenvalue weighted by atomic mass is 16.7. The highest BCUT2D eigenvalue weighted by Gasteiger charge is 2.24. The second-order valence-corrected chi connectivity index (χ2v) is 4.03. The number of aryl methyl sites for hydroxylation is 1. The van der Waals surface area contributed by atoms with E-state index in [1.54, 1.807) is 6.20 Å². The number of anilines is 1. The molecule has 5 nitrogen and oxygen atoms in total. The molecule has 0 amide bonds. The minimum Gasteiger partial charge on any atom is -0.453 e. The molecule has 0 bridgehead atoms. The van der Waals surface area contributed by atoms with Crippen molar-refractivity contribution in [2.24, 2.45) is 0 Å². The molecule has 2 N–H and O–H groups in total. The molecule has 0 atom stereocenters. The van der Waals surface area contributed by atoms with Crippen molar-refractivity contribution in [2.75, 3.05) is 12.5 Å². The number of aromatic nitrogens is 1. The number of hydrogen-bond acceptors (Lipinski definition) is 5. The summed E-state index contributed by atoms with van der Waals surface area (Å²) >= 11 is 0. The topological polar surface area (TPSA) is 70.5 Å². The Morgan fingerprint density at radius 3 is 2.65 bits per heavy atom. The Kier molecular flexibility index (Phi) is 2.01. The van der Waals surface area contributed by atoms with Crippen LogP contribution >= 0.6 is 0 Å². The van der Waals surface area contributed by atoms with Crippen molar-refractivity contribution < 1.29 is 14.0 Å². The Hall–Kier alpha value is -2.17. The van der Waals surface area contributed by atoms with Gasteiger partial charge < -0.3 is 19.7 Å². The lowest BCUT2D eigenvalue weighted by atomic mass is 10.00. The largest absolute Gasteiger partial charge is 0.453 e. The predicted molar refractivity (Wildman–Crippen MR) is 61.9 cm³/mol. The van der Waals surface area contributed by atoms with Gasteiger partial charge in [0.25, 0.3) is 0 Å². The summed E-state index contributed by atoms with van der Waals surface area (Å²) in [5, 5.41) is 3.68. The molecule has 0 spiro atoms. The Balaban J connectivity index is 2.29. The maximum absolute atomic E-state index is 5.73. The molecule has 0 fully saturated rings. The van der Waals surface area contributed by atoms with Gasteiger partial charge in [-0.2, -0.15) is 0 Å². The van der Waals surface area contributed by atoms with Crippen LogP contribution in [0, 0.1) is 13.8 Å². The molecular weight excluding hydrogens is 220 g/mol. The average Bonchev–Trinajstić information content (AvgIpc) is 2.92. The summed E-state index contributed by atoms with van der Waals surface area (Å²) in [5.74, 6) is 1.77. The third kappa shape index (κ3) is 1.35. The SMILES string of the molecule is Cc1cc(-c2cnoc2N)c2c(c1C)OCO2. The molecule has 2 heterocycles. The lowest BCUT2D eigenvalue weighted by Gasteiger charge is -2.09. The predicted octanol–water partition coefficient (Wildman–Crippen LogP) is 2.27. The second-order valence-electron chi connectivity index (χ2n) is 4.03. The summed E-state index contributed by atoms with van der Waals surface area (Å²) in [6, 6.07) is 2.01. The molecule has 17 heavy (non-hydrogen) atoms. The fourth-order valence-corrected chi connectivity index (χ4v) is 1.98. The van der Waals surface area contributed by atoms with E-state index in [1.165, 1.54) is 0 Å². The van der Waals surface area contributed by atoms with E-state index in [0.717, 1.165) is 28.0 Å². The van der Waals surface area contributed by atoms with Crippen molar-refractivity contribution in [2.45, 2.75) is 13.8 Å². The second kappa shape index (κ2) is 3.41. The molecule has 88 valence electrons. The van der Waals surface area contributed by atoms with Gasteiger partial charge in [-0.25, -0.2) is 0 Å². The van der Waals surface area contributed by atoms with Crippen LogP contribution in [0.4, 0.5) is 5.88 Å². The van der Waals surface area contributed by atoms with Crippen LogP contribution in [0.2, 0.25) is 0 Å². The third-order valence-electron chi connectivity index (χ3n) is 3.04. The maximum Gasteiger partial charge on any atom is 0.231 e. The van der Waals surface area contributed by atoms with E-state index in [2.05, 4.69) is 5.16 Å². The van der Waals surface area contributed by atoms with Gasteiger partial charge >= 0.3 is 0 Å². The summed E-state index contributed by atoms with van der Waals surface area (Å²) in [5.41, 5.74) is 9.52. The van der Waals surface area contributed by atoms with E-state index in [9.17, 15) is 0 Å². The van der Waals surface area contributed by atoms with Crippen molar-refractivity contribution >= 4 is 5.88 Å². The lowest BCUT2D eigenvalue weighted by Crippen LogP contribution is -1.94. The van der Waals surface area contributed by atoms with Crippen LogP contribution in [0.15, 0.2) is 16.8 Å². The average molecular weight is 232 g/mol. The van der Waals surface area contributed by atoms with Crippen molar-refractivity contribution in [1.82, 2.24) is 5.16 Å². The quantitative estimate of drug-likeness (QED) is 0.816. The molecule has 1 aliphatic heterocycles. The summed E-state index contributed by atoms with van der Waals surface area (Å²) in [6.07, 6.45) is 1.58. The zero-order chi connectivity index (χ0) is 12.0. The Bertz CT molecular complexity index is 590. The van der Waals surface area contributed by atoms with Gasteiger partial charge in [-0.15, -0.1) is 0 Å². The third-order valence-corrected chi connectivity index (χ3v) is 3.04. The Morgan fingerprint density at radius 1 is 1.18 bits per heavy atom. The monoisotopic (exact) mass is 232 g/mol. The number of nitrogens with zero attached hydrogens (tertiary/aromatic N) is 1. The van der Waals surface area contributed by atoms with Crippen LogP contribution in [0.5, 0.6) is 11.5 Å². The number of nitrogen functional groups attached to an aromatic ring is 1. The molecule has 1 aromatic carbocycles. The first kappa shape index (κ1) is 10.0. The zero-order valence-electron chi connectivity index (χ0n) is 9.61. The molecule has 3 rings (SSSR count). The molecule has 0 saturated carbocycles. The maximum atomic E-state index is 5.73. The summed E-state index contributed by atoms with van der Waals surface area (Å²) < 4.78 is 15.9. The number of nitrogens with two attached hydrogens (primary N) is 1. The van der Waals surface area contributed by atoms with Gasteiger partial charge in [-0.3, -0.25) is 0 Å². The van der Waals surface area contributed by atoms with Crippen molar-refractivity contribution in [3.8, 4) is 22.6 Å². The normalized spacial score (nSPS) is 13.1. The van der Waals surface area contributed by atoms with Gasteiger partial charge in [0.1, 0.15) is 0 Å². The van der Waals surface area contributed by atoms with E-state index in [0.29, 0.717) is 5.75 Å². The molecule has 0 aliphatic carbocycles. The van der Waals surface area contributed by atoms with Gasteiger partial charge in [0.05, 0.1) is 11.8 Å². The number of benzene rings is 1. The molecule has 5 heteroatoms. The van der Waals surface area contributed by atoms with E-state index >= 15 is 0 Å². The summed E-state index contributed by atoms with van der Waals surface area (Å²) in [4.78, 5) is 0. The fourth-order valence-electron chi connectivity index (χ4n) is 1.98. The molecule has 0 unspecified atom stereocenters. The number of fused-ring (bicyclic) bond motifs is 1. The van der Waals surface area contributed by atoms with Gasteiger partial charge in [0.15, 0.2) is 11.5 Å². The van der Waals surface area contributed by atoms with Crippen molar-refractivity contribution in [1.29, 1.82) is 0 Å². The van der Waals surface area contributed by atoms with Gasteiger partial charge in [0, 0.05) is 5.56 Å². The van der Waals surface area contributed by atoms with Crippen LogP contribution in [-0.2, 0) is 0 Å². The highest BCUT2D eigenvalue weighted by molar-refractivity contribution is 5.81. The van der Waals surface area contributed by atoms with E-state index < -0.39 is 0 Å². The minimum absolute atomic E-state index is 0.234. The van der Waals surface area contributed by atoms with Crippen LogP contribution in [0.25, 0.3) is 11.1 Å². The van der Waals surface area contributed by atoms with E-state index in [-0.39, 0.29) is 12.7 Å². The van der Waals surface area contributed by atoms with Gasteiger partial charge in [0.2, 0.25) is 12.7 Å². The summed E-state index contributed by atoms with van der Waals surface area (Å²) in [6.45, 7) is 4.26. The zero-order valence-corrected chi connectivity index (χ0v) is 9.61. The molecule has 2 aromatic rings. The molecular formula is C12H12N2O3. The highest BCUT2D eigenvalue weighted by Crippen LogP contribution is 2.46. The standard InChI is InChI=1S/C12H12N2O3/c1-6-3-8(9-4-14-17-12(9)13)11-10(7(6)2)15-5-16-11/h3-4H,5,13H2,1-2H3. The first-order chi connectivity index (χ1) is 8.18. The number of hydrogen-bond donors (Lipinski definition) is 1. The Labute approximate surface area is 98.1 Å². The first-order valence-corrected chi connectivity index (χ1v) is 5.29. The number of rotatable bonds is 1. The molecule has 0 saturated heterocycles. The number of ether oxygens (including phenoxy) is 2. The summed E-state index contributed by atoms with van der Waals surface area (Å²) in [7, 11) is 0. The molecule has 1 aliphatic rings. The van der Waals surface area contributed by atoms with Crippen LogP contribution in [0.1, 0.15) is 11.1 Å². The smallest absolute Gasteiger partial charge is 0.231 e. The molecule has 1 aromatic heterocycles. The lowest BCUT2D eigenvalue weighted by molar-refractivity contribution is 0.173. The molecule has 0 radical (unpaired) electrons. The van der Waals surface area contributed by atoms with Gasteiger partial charge in [-0.1, -0.05) is 5.16 Å². The van der Waals surface area contributed by atoms with Crippen molar-refractivity contribution in [3.05, 3.63) is 23.4 Å². The Morgan fingerprint density at radius 2 is 1.94 bits per heavy atom. The van der Waals surface area contributed by atoms with Crippen LogP contribution in [0.3, 0.4) is 0 Å². The fraction of sp³-hybridized carbons (Fsp3) is 0.250. The first-order valence-electron chi connectivity index (χ1n) is 5.29. The van der Waals surface area contributed by atoms with Crippen molar-refractivity contribution in [3.63, 3.8) is 0 Å². The minimum atomic E-state index is 0.234. The van der Waals surface area contributed by atoms with Gasteiger partial charge in [-0.05, 0) is 31.0 Å². The van der Waals surface area contributed by atoms with Crippen LogP contribution < -0.4 is 15.2 Å². The van der Waals surface area contributed by atoms with E-state index in [1.807, 2.05) is 19.9 Å².